The van der Waals surface area contributed by atoms with Crippen molar-refractivity contribution in [3.8, 4) is 27.4 Å². The first-order valence-electron chi connectivity index (χ1n) is 7.48. The van der Waals surface area contributed by atoms with Gasteiger partial charge in [0, 0.05) is 5.56 Å². The molecule has 1 N–H and O–H groups in total. The maximum absolute atomic E-state index is 9.91. The Labute approximate surface area is 140 Å². The van der Waals surface area contributed by atoms with Gasteiger partial charge in [0.15, 0.2) is 0 Å². The van der Waals surface area contributed by atoms with Gasteiger partial charge in [0.05, 0.1) is 17.7 Å². The third-order valence-electron chi connectivity index (χ3n) is 3.68. The highest BCUT2D eigenvalue weighted by molar-refractivity contribution is 7.15. The monoisotopic (exact) mass is 325 g/mol. The van der Waals surface area contributed by atoms with Crippen LogP contribution in [-0.2, 0) is 0 Å². The van der Waals surface area contributed by atoms with E-state index in [1.807, 2.05) is 24.3 Å². The summed E-state index contributed by atoms with van der Waals surface area (Å²) in [6.45, 7) is 3.82. The Balaban J connectivity index is 2.12. The van der Waals surface area contributed by atoms with Gasteiger partial charge in [-0.25, -0.2) is 4.98 Å². The molecule has 1 unspecified atom stereocenters. The van der Waals surface area contributed by atoms with E-state index >= 15 is 0 Å². The summed E-state index contributed by atoms with van der Waals surface area (Å²) in [7, 11) is 1.65. The molecule has 0 aliphatic heterocycles. The lowest BCUT2D eigenvalue weighted by molar-refractivity contribution is 0.199. The fraction of sp³-hybridized carbons (Fsp3) is 0.211. The molecular formula is C19H19NO2S. The summed E-state index contributed by atoms with van der Waals surface area (Å²) in [6, 6.07) is 16.2. The standard InChI is InChI=1S/C19H19NO2S/c1-12-4-6-15(7-5-12)18-17(20-19(23-18)13(2)21)14-8-10-16(22-3)11-9-14/h4-11,13,21H,1-3H3. The predicted molar refractivity (Wildman–Crippen MR) is 94.9 cm³/mol. The van der Waals surface area contributed by atoms with Gasteiger partial charge in [-0.05, 0) is 43.7 Å². The highest BCUT2D eigenvalue weighted by atomic mass is 32.1. The highest BCUT2D eigenvalue weighted by Gasteiger charge is 2.17. The van der Waals surface area contributed by atoms with Gasteiger partial charge in [0.2, 0.25) is 0 Å². The van der Waals surface area contributed by atoms with Gasteiger partial charge < -0.3 is 9.84 Å². The number of aromatic nitrogens is 1. The number of nitrogens with zero attached hydrogens (tertiary/aromatic N) is 1. The Morgan fingerprint density at radius 2 is 1.61 bits per heavy atom. The summed E-state index contributed by atoms with van der Waals surface area (Å²) in [4.78, 5) is 5.74. The smallest absolute Gasteiger partial charge is 0.122 e. The number of aryl methyl sites for hydroxylation is 1. The first kappa shape index (κ1) is 15.7. The van der Waals surface area contributed by atoms with Crippen LogP contribution in [0.3, 0.4) is 0 Å². The summed E-state index contributed by atoms with van der Waals surface area (Å²) in [5.74, 6) is 0.816. The van der Waals surface area contributed by atoms with Gasteiger partial charge in [0.1, 0.15) is 16.9 Å². The van der Waals surface area contributed by atoms with Gasteiger partial charge in [0.25, 0.3) is 0 Å². The fourth-order valence-corrected chi connectivity index (χ4v) is 3.39. The second kappa shape index (κ2) is 6.52. The molecular weight excluding hydrogens is 306 g/mol. The average Bonchev–Trinajstić information content (AvgIpc) is 3.01. The summed E-state index contributed by atoms with van der Waals surface area (Å²) < 4.78 is 5.22. The van der Waals surface area contributed by atoms with E-state index < -0.39 is 6.10 Å². The van der Waals surface area contributed by atoms with Crippen LogP contribution in [0.15, 0.2) is 48.5 Å². The molecule has 1 atom stereocenters. The van der Waals surface area contributed by atoms with Crippen molar-refractivity contribution in [2.75, 3.05) is 7.11 Å². The summed E-state index contributed by atoms with van der Waals surface area (Å²) in [5.41, 5.74) is 4.26. The lowest BCUT2D eigenvalue weighted by atomic mass is 10.1. The molecule has 4 heteroatoms. The number of thiazole rings is 1. The number of hydrogen-bond donors (Lipinski definition) is 1. The zero-order chi connectivity index (χ0) is 16.4. The van der Waals surface area contributed by atoms with Crippen molar-refractivity contribution in [3.05, 3.63) is 59.1 Å². The van der Waals surface area contributed by atoms with Gasteiger partial charge in [-0.15, -0.1) is 11.3 Å². The molecule has 1 aromatic heterocycles. The molecule has 118 valence electrons. The number of ether oxygens (including phenoxy) is 1. The Kier molecular flexibility index (Phi) is 4.46. The largest absolute Gasteiger partial charge is 0.497 e. The average molecular weight is 325 g/mol. The lowest BCUT2D eigenvalue weighted by Crippen LogP contribution is -1.89. The van der Waals surface area contributed by atoms with Crippen LogP contribution >= 0.6 is 11.3 Å². The molecule has 23 heavy (non-hydrogen) atoms. The van der Waals surface area contributed by atoms with E-state index in [0.717, 1.165) is 32.5 Å². The van der Waals surface area contributed by atoms with Gasteiger partial charge >= 0.3 is 0 Å². The van der Waals surface area contributed by atoms with E-state index in [-0.39, 0.29) is 0 Å². The van der Waals surface area contributed by atoms with Crippen molar-refractivity contribution in [3.63, 3.8) is 0 Å². The molecule has 3 nitrogen and oxygen atoms in total. The second-order valence-electron chi connectivity index (χ2n) is 5.50. The van der Waals surface area contributed by atoms with Gasteiger partial charge in [-0.1, -0.05) is 29.8 Å². The maximum atomic E-state index is 9.91. The molecule has 1 heterocycles. The molecule has 2 aromatic carbocycles. The van der Waals surface area contributed by atoms with Crippen molar-refractivity contribution < 1.29 is 9.84 Å². The number of aliphatic hydroxyl groups excluding tert-OH is 1. The van der Waals surface area contributed by atoms with Crippen LogP contribution in [-0.4, -0.2) is 17.2 Å². The van der Waals surface area contributed by atoms with Crippen LogP contribution in [0.5, 0.6) is 5.75 Å². The molecule has 0 amide bonds. The minimum absolute atomic E-state index is 0.573. The third kappa shape index (κ3) is 3.28. The van der Waals surface area contributed by atoms with Gasteiger partial charge in [-0.3, -0.25) is 0 Å². The number of benzene rings is 2. The number of rotatable bonds is 4. The van der Waals surface area contributed by atoms with Crippen LogP contribution in [0.4, 0.5) is 0 Å². The molecule has 3 rings (SSSR count). The summed E-state index contributed by atoms with van der Waals surface area (Å²) in [6.07, 6.45) is -0.573. The zero-order valence-electron chi connectivity index (χ0n) is 13.4. The molecule has 0 fully saturated rings. The molecule has 3 aromatic rings. The molecule has 0 spiro atoms. The predicted octanol–water partition coefficient (Wildman–Crippen LogP) is 4.85. The van der Waals surface area contributed by atoms with E-state index in [1.54, 1.807) is 14.0 Å². The molecule has 0 saturated heterocycles. The molecule has 0 bridgehead atoms. The summed E-state index contributed by atoms with van der Waals surface area (Å²) in [5, 5.41) is 10.6. The molecule has 0 saturated carbocycles. The number of methoxy groups -OCH3 is 1. The van der Waals surface area contributed by atoms with Crippen molar-refractivity contribution in [2.45, 2.75) is 20.0 Å². The van der Waals surface area contributed by atoms with Crippen LogP contribution in [0.25, 0.3) is 21.7 Å². The molecule has 0 aliphatic rings. The van der Waals surface area contributed by atoms with E-state index in [4.69, 9.17) is 4.74 Å². The fourth-order valence-electron chi connectivity index (χ4n) is 2.36. The normalized spacial score (nSPS) is 12.2. The van der Waals surface area contributed by atoms with Crippen molar-refractivity contribution in [2.24, 2.45) is 0 Å². The van der Waals surface area contributed by atoms with E-state index in [9.17, 15) is 5.11 Å². The SMILES string of the molecule is COc1ccc(-c2nc(C(C)O)sc2-c2ccc(C)cc2)cc1. The minimum Gasteiger partial charge on any atom is -0.497 e. The van der Waals surface area contributed by atoms with Crippen molar-refractivity contribution in [1.82, 2.24) is 4.98 Å². The van der Waals surface area contributed by atoms with Crippen LogP contribution in [0.2, 0.25) is 0 Å². The van der Waals surface area contributed by atoms with Gasteiger partial charge in [-0.2, -0.15) is 0 Å². The highest BCUT2D eigenvalue weighted by Crippen LogP contribution is 2.39. The van der Waals surface area contributed by atoms with Crippen molar-refractivity contribution >= 4 is 11.3 Å². The van der Waals surface area contributed by atoms with Crippen LogP contribution in [0.1, 0.15) is 23.6 Å². The Morgan fingerprint density at radius 3 is 2.17 bits per heavy atom. The first-order valence-corrected chi connectivity index (χ1v) is 8.30. The Bertz CT molecular complexity index is 789. The van der Waals surface area contributed by atoms with E-state index in [1.165, 1.54) is 16.9 Å². The number of hydrogen-bond acceptors (Lipinski definition) is 4. The lowest BCUT2D eigenvalue weighted by Gasteiger charge is -2.05. The van der Waals surface area contributed by atoms with Crippen LogP contribution in [0, 0.1) is 6.92 Å². The third-order valence-corrected chi connectivity index (χ3v) is 4.95. The van der Waals surface area contributed by atoms with E-state index in [2.05, 4.69) is 36.2 Å². The number of aliphatic hydroxyl groups is 1. The first-order chi connectivity index (χ1) is 11.1. The zero-order valence-corrected chi connectivity index (χ0v) is 14.2. The quantitative estimate of drug-likeness (QED) is 0.746. The summed E-state index contributed by atoms with van der Waals surface area (Å²) >= 11 is 1.54. The Morgan fingerprint density at radius 1 is 1.00 bits per heavy atom. The molecule has 0 aliphatic carbocycles. The van der Waals surface area contributed by atoms with Crippen molar-refractivity contribution in [1.29, 1.82) is 0 Å². The molecule has 0 radical (unpaired) electrons. The minimum atomic E-state index is -0.573. The second-order valence-corrected chi connectivity index (χ2v) is 6.53. The Hall–Kier alpha value is -2.17. The maximum Gasteiger partial charge on any atom is 0.122 e. The van der Waals surface area contributed by atoms with Crippen LogP contribution < -0.4 is 4.74 Å². The topological polar surface area (TPSA) is 42.4 Å². The van der Waals surface area contributed by atoms with E-state index in [0.29, 0.717) is 0 Å².